The van der Waals surface area contributed by atoms with Gasteiger partial charge in [-0.1, -0.05) is 12.1 Å². The van der Waals surface area contributed by atoms with Crippen molar-refractivity contribution in [3.63, 3.8) is 0 Å². The lowest BCUT2D eigenvalue weighted by atomic mass is 10.1. The molecule has 0 radical (unpaired) electrons. The van der Waals surface area contributed by atoms with E-state index >= 15 is 0 Å². The minimum atomic E-state index is -0.935. The van der Waals surface area contributed by atoms with Crippen LogP contribution in [0.2, 0.25) is 0 Å². The topological polar surface area (TPSA) is 81.7 Å². The fraction of sp³-hybridized carbons (Fsp3) is 0.250. The first-order chi connectivity index (χ1) is 13.0. The van der Waals surface area contributed by atoms with Gasteiger partial charge in [0, 0.05) is 10.5 Å². The van der Waals surface area contributed by atoms with Crippen LogP contribution in [0.1, 0.15) is 23.7 Å². The van der Waals surface area contributed by atoms with Crippen molar-refractivity contribution in [1.29, 1.82) is 0 Å². The summed E-state index contributed by atoms with van der Waals surface area (Å²) in [7, 11) is 1.54. The molecule has 0 bridgehead atoms. The van der Waals surface area contributed by atoms with Crippen LogP contribution >= 0.6 is 11.8 Å². The van der Waals surface area contributed by atoms with Gasteiger partial charge in [0.05, 0.1) is 24.5 Å². The highest BCUT2D eigenvalue weighted by Gasteiger charge is 2.30. The number of esters is 1. The number of benzene rings is 2. The van der Waals surface area contributed by atoms with Crippen molar-refractivity contribution in [3.8, 4) is 5.75 Å². The van der Waals surface area contributed by atoms with Crippen LogP contribution in [0.25, 0.3) is 0 Å². The van der Waals surface area contributed by atoms with E-state index in [-0.39, 0.29) is 18.1 Å². The number of nitrogens with one attached hydrogen (secondary N) is 1. The molecule has 1 N–H and O–H groups in total. The van der Waals surface area contributed by atoms with Gasteiger partial charge in [-0.25, -0.2) is 0 Å². The molecule has 0 saturated carbocycles. The van der Waals surface area contributed by atoms with Crippen molar-refractivity contribution < 1.29 is 23.9 Å². The fourth-order valence-corrected chi connectivity index (χ4v) is 3.76. The highest BCUT2D eigenvalue weighted by atomic mass is 32.2. The number of anilines is 1. The molecule has 0 saturated heterocycles. The smallest absolute Gasteiger partial charge is 0.308 e. The van der Waals surface area contributed by atoms with Gasteiger partial charge >= 0.3 is 5.97 Å². The molecule has 1 amide bonds. The van der Waals surface area contributed by atoms with Gasteiger partial charge in [-0.3, -0.25) is 14.4 Å². The number of fused-ring (bicyclic) bond motifs is 1. The number of carbonyl (C=O) groups is 3. The van der Waals surface area contributed by atoms with Gasteiger partial charge in [0.15, 0.2) is 6.10 Å². The largest absolute Gasteiger partial charge is 0.497 e. The number of para-hydroxylation sites is 1. The number of methoxy groups -OCH3 is 1. The number of Topliss-reactive ketones (excluding diaryl/α,β-unsaturated/α-hetero) is 1. The van der Waals surface area contributed by atoms with Gasteiger partial charge < -0.3 is 14.8 Å². The number of hydrogen-bond acceptors (Lipinski definition) is 6. The summed E-state index contributed by atoms with van der Waals surface area (Å²) in [6.45, 7) is 1.52. The molecule has 27 heavy (non-hydrogen) atoms. The molecular weight excluding hydrogens is 366 g/mol. The molecule has 0 aliphatic carbocycles. The van der Waals surface area contributed by atoms with Crippen LogP contribution in [0.5, 0.6) is 5.75 Å². The van der Waals surface area contributed by atoms with E-state index in [1.807, 2.05) is 24.3 Å². The minimum Gasteiger partial charge on any atom is -0.497 e. The minimum absolute atomic E-state index is 0.106. The second-order valence-corrected chi connectivity index (χ2v) is 7.27. The second kappa shape index (κ2) is 8.26. The van der Waals surface area contributed by atoms with Crippen LogP contribution in [-0.4, -0.2) is 36.1 Å². The SMILES string of the molecule is COc1ccc(C(=O)[C@H](C)OC(=O)C[C@H]2Sc3ccccc3NC2=O)cc1. The third kappa shape index (κ3) is 4.49. The summed E-state index contributed by atoms with van der Waals surface area (Å²) in [6.07, 6.45) is -1.04. The van der Waals surface area contributed by atoms with Crippen LogP contribution in [0.4, 0.5) is 5.69 Å². The average molecular weight is 385 g/mol. The Morgan fingerprint density at radius 1 is 1.15 bits per heavy atom. The highest BCUT2D eigenvalue weighted by Crippen LogP contribution is 2.36. The third-order valence-electron chi connectivity index (χ3n) is 4.11. The summed E-state index contributed by atoms with van der Waals surface area (Å²) in [5.41, 5.74) is 1.16. The highest BCUT2D eigenvalue weighted by molar-refractivity contribution is 8.01. The summed E-state index contributed by atoms with van der Waals surface area (Å²) in [4.78, 5) is 37.7. The summed E-state index contributed by atoms with van der Waals surface area (Å²) in [5, 5.41) is 2.19. The first-order valence-corrected chi connectivity index (χ1v) is 9.30. The zero-order valence-electron chi connectivity index (χ0n) is 14.9. The predicted molar refractivity (Wildman–Crippen MR) is 102 cm³/mol. The van der Waals surface area contributed by atoms with Crippen LogP contribution in [0.3, 0.4) is 0 Å². The second-order valence-electron chi connectivity index (χ2n) is 6.02. The Morgan fingerprint density at radius 3 is 2.56 bits per heavy atom. The molecule has 7 heteroatoms. The first-order valence-electron chi connectivity index (χ1n) is 8.42. The maximum Gasteiger partial charge on any atom is 0.308 e. The molecule has 0 fully saturated rings. The standard InChI is InChI=1S/C20H19NO5S/c1-12(19(23)13-7-9-14(25-2)10-8-13)26-18(22)11-17-20(24)21-15-5-3-4-6-16(15)27-17/h3-10,12,17H,11H2,1-2H3,(H,21,24)/t12-,17+/m0/s1. The summed E-state index contributed by atoms with van der Waals surface area (Å²) < 4.78 is 10.3. The van der Waals surface area contributed by atoms with E-state index in [0.717, 1.165) is 10.6 Å². The van der Waals surface area contributed by atoms with E-state index < -0.39 is 17.3 Å². The van der Waals surface area contributed by atoms with Crippen molar-refractivity contribution >= 4 is 35.1 Å². The lowest BCUT2D eigenvalue weighted by Crippen LogP contribution is -2.33. The Morgan fingerprint density at radius 2 is 1.85 bits per heavy atom. The van der Waals surface area contributed by atoms with E-state index in [4.69, 9.17) is 9.47 Å². The zero-order valence-corrected chi connectivity index (χ0v) is 15.7. The number of amides is 1. The molecule has 1 heterocycles. The summed E-state index contributed by atoms with van der Waals surface area (Å²) in [6, 6.07) is 14.0. The van der Waals surface area contributed by atoms with E-state index in [1.165, 1.54) is 18.7 Å². The molecule has 0 aromatic heterocycles. The molecule has 0 unspecified atom stereocenters. The van der Waals surface area contributed by atoms with Crippen molar-refractivity contribution in [2.75, 3.05) is 12.4 Å². The van der Waals surface area contributed by atoms with E-state index in [0.29, 0.717) is 11.3 Å². The predicted octanol–water partition coefficient (Wildman–Crippen LogP) is 3.31. The van der Waals surface area contributed by atoms with Gasteiger partial charge in [0.2, 0.25) is 11.7 Å². The molecule has 3 rings (SSSR count). The normalized spacial score (nSPS) is 16.7. The van der Waals surface area contributed by atoms with Crippen molar-refractivity contribution in [1.82, 2.24) is 0 Å². The van der Waals surface area contributed by atoms with Gasteiger partial charge in [0.1, 0.15) is 5.75 Å². The van der Waals surface area contributed by atoms with Gasteiger partial charge in [-0.05, 0) is 43.3 Å². The van der Waals surface area contributed by atoms with Crippen molar-refractivity contribution in [2.24, 2.45) is 0 Å². The molecule has 2 aromatic carbocycles. The number of thioether (sulfide) groups is 1. The maximum atomic E-state index is 12.4. The van der Waals surface area contributed by atoms with Crippen LogP contribution in [-0.2, 0) is 14.3 Å². The van der Waals surface area contributed by atoms with Gasteiger partial charge in [-0.15, -0.1) is 11.8 Å². The Hall–Kier alpha value is -2.80. The van der Waals surface area contributed by atoms with E-state index in [2.05, 4.69) is 5.32 Å². The van der Waals surface area contributed by atoms with E-state index in [1.54, 1.807) is 31.4 Å². The van der Waals surface area contributed by atoms with E-state index in [9.17, 15) is 14.4 Å². The van der Waals surface area contributed by atoms with Crippen molar-refractivity contribution in [2.45, 2.75) is 29.6 Å². The van der Waals surface area contributed by atoms with Crippen LogP contribution in [0.15, 0.2) is 53.4 Å². The van der Waals surface area contributed by atoms with Gasteiger partial charge in [0.25, 0.3) is 0 Å². The molecule has 0 spiro atoms. The number of hydrogen-bond donors (Lipinski definition) is 1. The summed E-state index contributed by atoms with van der Waals surface area (Å²) in [5.74, 6) is -0.505. The number of ketones is 1. The van der Waals surface area contributed by atoms with Crippen LogP contribution in [0, 0.1) is 0 Å². The quantitative estimate of drug-likeness (QED) is 0.607. The Labute approximate surface area is 161 Å². The number of ether oxygens (including phenoxy) is 2. The monoisotopic (exact) mass is 385 g/mol. The molecule has 2 atom stereocenters. The summed E-state index contributed by atoms with van der Waals surface area (Å²) >= 11 is 1.32. The Bertz CT molecular complexity index is 865. The first kappa shape index (κ1) is 19.0. The number of rotatable bonds is 6. The zero-order chi connectivity index (χ0) is 19.4. The average Bonchev–Trinajstić information content (AvgIpc) is 2.68. The molecule has 1 aliphatic heterocycles. The Balaban J connectivity index is 1.58. The lowest BCUT2D eigenvalue weighted by Gasteiger charge is -2.23. The maximum absolute atomic E-state index is 12.4. The van der Waals surface area contributed by atoms with Gasteiger partial charge in [-0.2, -0.15) is 0 Å². The lowest BCUT2D eigenvalue weighted by molar-refractivity contribution is -0.147. The number of carbonyl (C=O) groups excluding carboxylic acids is 3. The van der Waals surface area contributed by atoms with Crippen molar-refractivity contribution in [3.05, 3.63) is 54.1 Å². The molecule has 140 valence electrons. The molecule has 6 nitrogen and oxygen atoms in total. The molecule has 1 aliphatic rings. The van der Waals surface area contributed by atoms with Crippen LogP contribution < -0.4 is 10.1 Å². The Kier molecular flexibility index (Phi) is 5.81. The fourth-order valence-electron chi connectivity index (χ4n) is 2.67. The molecular formula is C20H19NO5S. The molecule has 2 aromatic rings. The third-order valence-corrected chi connectivity index (χ3v) is 5.39.